The highest BCUT2D eigenvalue weighted by molar-refractivity contribution is 6.10. The van der Waals surface area contributed by atoms with E-state index in [4.69, 9.17) is 14.2 Å². The Kier molecular flexibility index (Phi) is 2.59. The summed E-state index contributed by atoms with van der Waals surface area (Å²) < 4.78 is 16.1. The lowest BCUT2D eigenvalue weighted by atomic mass is 9.86. The zero-order valence-electron chi connectivity index (χ0n) is 12.5. The molecular weight excluding hydrogens is 300 g/mol. The molecule has 118 valence electrons. The predicted molar refractivity (Wildman–Crippen MR) is 78.7 cm³/mol. The van der Waals surface area contributed by atoms with E-state index in [1.807, 2.05) is 0 Å². The summed E-state index contributed by atoms with van der Waals surface area (Å²) in [6.45, 7) is 0. The number of methoxy groups -OCH3 is 2. The van der Waals surface area contributed by atoms with Crippen LogP contribution in [0.1, 0.15) is 21.5 Å². The van der Waals surface area contributed by atoms with Gasteiger partial charge in [-0.25, -0.2) is 0 Å². The van der Waals surface area contributed by atoms with Crippen LogP contribution in [0.15, 0.2) is 36.4 Å². The molecule has 0 saturated carbocycles. The van der Waals surface area contributed by atoms with E-state index in [9.17, 15) is 15.0 Å². The van der Waals surface area contributed by atoms with Gasteiger partial charge in [0.25, 0.3) is 5.79 Å². The quantitative estimate of drug-likeness (QED) is 0.870. The highest BCUT2D eigenvalue weighted by Gasteiger charge is 2.71. The number of benzene rings is 2. The molecule has 23 heavy (non-hydrogen) atoms. The Labute approximate surface area is 131 Å². The molecule has 1 aliphatic heterocycles. The molecule has 2 aromatic rings. The third-order valence-corrected chi connectivity index (χ3v) is 4.47. The van der Waals surface area contributed by atoms with Crippen molar-refractivity contribution in [2.75, 3.05) is 14.2 Å². The summed E-state index contributed by atoms with van der Waals surface area (Å²) in [5.74, 6) is -2.04. The smallest absolute Gasteiger partial charge is 0.277 e. The van der Waals surface area contributed by atoms with E-state index in [1.165, 1.54) is 26.4 Å². The molecule has 4 rings (SSSR count). The van der Waals surface area contributed by atoms with Gasteiger partial charge in [0.2, 0.25) is 11.4 Å². The summed E-state index contributed by atoms with van der Waals surface area (Å²) in [6.07, 6.45) is 0. The highest BCUT2D eigenvalue weighted by Crippen LogP contribution is 2.61. The van der Waals surface area contributed by atoms with Crippen LogP contribution in [0.5, 0.6) is 17.2 Å². The van der Waals surface area contributed by atoms with Gasteiger partial charge < -0.3 is 24.4 Å². The molecule has 0 amide bonds. The van der Waals surface area contributed by atoms with Gasteiger partial charge in [0.15, 0.2) is 0 Å². The number of Topliss-reactive ketones (excluding diaryl/α,β-unsaturated/α-hetero) is 1. The van der Waals surface area contributed by atoms with E-state index in [-0.39, 0.29) is 28.2 Å². The van der Waals surface area contributed by atoms with Crippen molar-refractivity contribution in [2.45, 2.75) is 11.4 Å². The number of hydrogen-bond acceptors (Lipinski definition) is 6. The van der Waals surface area contributed by atoms with E-state index in [1.54, 1.807) is 24.3 Å². The minimum absolute atomic E-state index is 0.101. The number of rotatable bonds is 2. The summed E-state index contributed by atoms with van der Waals surface area (Å²) in [4.78, 5) is 12.8. The number of fused-ring (bicyclic) bond motifs is 5. The molecule has 6 heteroatoms. The van der Waals surface area contributed by atoms with E-state index >= 15 is 0 Å². The molecule has 0 spiro atoms. The third kappa shape index (κ3) is 1.42. The Morgan fingerprint density at radius 3 is 2.52 bits per heavy atom. The molecule has 0 unspecified atom stereocenters. The van der Waals surface area contributed by atoms with Gasteiger partial charge in [0, 0.05) is 23.3 Å². The van der Waals surface area contributed by atoms with Crippen molar-refractivity contribution in [3.05, 3.63) is 53.1 Å². The van der Waals surface area contributed by atoms with Crippen molar-refractivity contribution in [2.24, 2.45) is 0 Å². The average molecular weight is 314 g/mol. The summed E-state index contributed by atoms with van der Waals surface area (Å²) in [5, 5.41) is 22.2. The largest absolute Gasteiger partial charge is 0.496 e. The minimum Gasteiger partial charge on any atom is -0.496 e. The van der Waals surface area contributed by atoms with Crippen LogP contribution >= 0.6 is 0 Å². The van der Waals surface area contributed by atoms with Crippen molar-refractivity contribution in [1.29, 1.82) is 0 Å². The van der Waals surface area contributed by atoms with E-state index in [2.05, 4.69) is 0 Å². The van der Waals surface area contributed by atoms with Crippen LogP contribution in [0.3, 0.4) is 0 Å². The topological polar surface area (TPSA) is 85.2 Å². The molecule has 2 N–H and O–H groups in total. The molecule has 0 saturated heterocycles. The molecule has 0 bridgehead atoms. The Morgan fingerprint density at radius 1 is 1.09 bits per heavy atom. The first kappa shape index (κ1) is 14.0. The summed E-state index contributed by atoms with van der Waals surface area (Å²) in [5.41, 5.74) is -1.71. The standard InChI is InChI=1S/C17H14O6/c1-21-9-7-12(22-2)14-13(8-9)23-17(20)11-6-4-3-5-10(11)15(18)16(14,17)19/h3-8,19-20H,1-2H3/t16-,17-/m1/s1. The van der Waals surface area contributed by atoms with Gasteiger partial charge in [0.05, 0.1) is 19.8 Å². The monoisotopic (exact) mass is 314 g/mol. The van der Waals surface area contributed by atoms with Crippen molar-refractivity contribution < 1.29 is 29.2 Å². The SMILES string of the molecule is COc1cc(OC)c2c(c1)O[C@]1(O)c3ccccc3C(=O)[C@]21O. The fourth-order valence-corrected chi connectivity index (χ4v) is 3.37. The summed E-state index contributed by atoms with van der Waals surface area (Å²) in [7, 11) is 2.88. The molecule has 6 nitrogen and oxygen atoms in total. The highest BCUT2D eigenvalue weighted by atomic mass is 16.7. The van der Waals surface area contributed by atoms with Crippen molar-refractivity contribution in [1.82, 2.24) is 0 Å². The number of hydrogen-bond donors (Lipinski definition) is 2. The van der Waals surface area contributed by atoms with Gasteiger partial charge in [-0.2, -0.15) is 0 Å². The second-order valence-electron chi connectivity index (χ2n) is 5.53. The van der Waals surface area contributed by atoms with Crippen LogP contribution in [0.4, 0.5) is 0 Å². The molecule has 1 heterocycles. The predicted octanol–water partition coefficient (Wildman–Crippen LogP) is 1.33. The average Bonchev–Trinajstić information content (AvgIpc) is 2.90. The maximum absolute atomic E-state index is 12.8. The minimum atomic E-state index is -2.26. The first-order valence-corrected chi connectivity index (χ1v) is 7.02. The van der Waals surface area contributed by atoms with Gasteiger partial charge in [-0.05, 0) is 0 Å². The maximum Gasteiger partial charge on any atom is 0.277 e. The summed E-state index contributed by atoms with van der Waals surface area (Å²) >= 11 is 0. The Hall–Kier alpha value is -2.57. The Balaban J connectivity index is 2.04. The fourth-order valence-electron chi connectivity index (χ4n) is 3.37. The van der Waals surface area contributed by atoms with Crippen LogP contribution in [-0.4, -0.2) is 30.2 Å². The van der Waals surface area contributed by atoms with Crippen LogP contribution in [-0.2, 0) is 11.4 Å². The van der Waals surface area contributed by atoms with Gasteiger partial charge in [-0.3, -0.25) is 4.79 Å². The third-order valence-electron chi connectivity index (χ3n) is 4.47. The molecule has 0 aromatic heterocycles. The van der Waals surface area contributed by atoms with Crippen LogP contribution in [0.2, 0.25) is 0 Å². The zero-order valence-corrected chi connectivity index (χ0v) is 12.5. The number of ether oxygens (including phenoxy) is 3. The lowest BCUT2D eigenvalue weighted by Crippen LogP contribution is -2.48. The van der Waals surface area contributed by atoms with E-state index in [0.717, 1.165) is 0 Å². The lowest BCUT2D eigenvalue weighted by Gasteiger charge is -2.29. The molecule has 0 fully saturated rings. The van der Waals surface area contributed by atoms with Gasteiger partial charge in [0.1, 0.15) is 17.2 Å². The molecule has 2 aliphatic rings. The molecule has 2 aromatic carbocycles. The van der Waals surface area contributed by atoms with Gasteiger partial charge in [-0.1, -0.05) is 24.3 Å². The van der Waals surface area contributed by atoms with Crippen LogP contribution in [0.25, 0.3) is 0 Å². The lowest BCUT2D eigenvalue weighted by molar-refractivity contribution is -0.224. The van der Waals surface area contributed by atoms with Crippen LogP contribution in [0, 0.1) is 0 Å². The van der Waals surface area contributed by atoms with Crippen molar-refractivity contribution in [3.8, 4) is 17.2 Å². The van der Waals surface area contributed by atoms with Crippen molar-refractivity contribution in [3.63, 3.8) is 0 Å². The number of carbonyl (C=O) groups excluding carboxylic acids is 1. The zero-order chi connectivity index (χ0) is 16.4. The van der Waals surface area contributed by atoms with Crippen molar-refractivity contribution >= 4 is 5.78 Å². The number of aliphatic hydroxyl groups is 2. The van der Waals surface area contributed by atoms with Gasteiger partial charge in [-0.15, -0.1) is 0 Å². The number of ketones is 1. The first-order valence-electron chi connectivity index (χ1n) is 7.02. The Morgan fingerprint density at radius 2 is 1.83 bits per heavy atom. The molecule has 0 radical (unpaired) electrons. The van der Waals surface area contributed by atoms with Crippen LogP contribution < -0.4 is 14.2 Å². The number of carbonyl (C=O) groups is 1. The Bertz CT molecular complexity index is 845. The maximum atomic E-state index is 12.8. The first-order chi connectivity index (χ1) is 11.0. The molecule has 2 atom stereocenters. The van der Waals surface area contributed by atoms with E-state index in [0.29, 0.717) is 5.75 Å². The molecular formula is C17H14O6. The fraction of sp³-hybridized carbons (Fsp3) is 0.235. The second-order valence-corrected chi connectivity index (χ2v) is 5.53. The molecule has 1 aliphatic carbocycles. The van der Waals surface area contributed by atoms with Gasteiger partial charge >= 0.3 is 0 Å². The summed E-state index contributed by atoms with van der Waals surface area (Å²) in [6, 6.07) is 9.46. The second kappa shape index (κ2) is 4.24. The normalized spacial score (nSPS) is 27.0. The van der Waals surface area contributed by atoms with E-state index < -0.39 is 17.2 Å².